The van der Waals surface area contributed by atoms with Crippen LogP contribution in [0.1, 0.15) is 17.4 Å². The number of rotatable bonds is 4. The van der Waals surface area contributed by atoms with Crippen LogP contribution in [0.4, 0.5) is 0 Å². The molecule has 0 bridgehead atoms. The van der Waals surface area contributed by atoms with Crippen molar-refractivity contribution in [2.45, 2.75) is 6.92 Å². The molecule has 2 aromatic carbocycles. The second-order valence-corrected chi connectivity index (χ2v) is 5.35. The number of nitrogens with zero attached hydrogens (tertiary/aromatic N) is 1. The normalized spacial score (nSPS) is 10.7. The van der Waals surface area contributed by atoms with E-state index in [2.05, 4.69) is 0 Å². The van der Waals surface area contributed by atoms with Crippen molar-refractivity contribution in [2.75, 3.05) is 13.7 Å². The van der Waals surface area contributed by atoms with Gasteiger partial charge in [-0.2, -0.15) is 0 Å². The maximum absolute atomic E-state index is 12.4. The molecule has 3 rings (SSSR count). The van der Waals surface area contributed by atoms with Crippen LogP contribution in [0.5, 0.6) is 5.75 Å². The Morgan fingerprint density at radius 2 is 1.91 bits per heavy atom. The van der Waals surface area contributed by atoms with Crippen LogP contribution in [-0.4, -0.2) is 24.3 Å². The summed E-state index contributed by atoms with van der Waals surface area (Å²) < 4.78 is 12.5. The average molecular weight is 330 g/mol. The lowest BCUT2D eigenvalue weighted by molar-refractivity contribution is 0.0517. The molecule has 0 unspecified atom stereocenters. The molecule has 4 nitrogen and oxygen atoms in total. The molecule has 0 aliphatic carbocycles. The number of carbonyl (C=O) groups excluding carboxylic acids is 1. The number of fused-ring (bicyclic) bond motifs is 1. The minimum atomic E-state index is -0.384. The molecule has 5 heteroatoms. The summed E-state index contributed by atoms with van der Waals surface area (Å²) in [7, 11) is 1.56. The molecule has 23 heavy (non-hydrogen) atoms. The molecule has 1 aromatic heterocycles. The first-order valence-electron chi connectivity index (χ1n) is 7.27. The quantitative estimate of drug-likeness (QED) is 0.663. The molecule has 0 saturated heterocycles. The van der Waals surface area contributed by atoms with E-state index in [9.17, 15) is 4.79 Å². The fraction of sp³-hybridized carbons (Fsp3) is 0.167. The minimum absolute atomic E-state index is 0.313. The molecular formula is C18H16ClNO3. The molecule has 0 aliphatic rings. The fourth-order valence-corrected chi connectivity index (χ4v) is 2.87. The van der Waals surface area contributed by atoms with Crippen molar-refractivity contribution in [1.82, 2.24) is 4.57 Å². The SMILES string of the molecule is CCOC(=O)c1cc2ccc(Cl)c(OC)c2n1-c1ccccc1. The van der Waals surface area contributed by atoms with Gasteiger partial charge in [0.25, 0.3) is 0 Å². The molecule has 0 spiro atoms. The zero-order valence-corrected chi connectivity index (χ0v) is 13.6. The molecule has 3 aromatic rings. The lowest BCUT2D eigenvalue weighted by atomic mass is 10.2. The zero-order chi connectivity index (χ0) is 16.4. The van der Waals surface area contributed by atoms with Gasteiger partial charge in [-0.15, -0.1) is 0 Å². The highest BCUT2D eigenvalue weighted by atomic mass is 35.5. The highest BCUT2D eigenvalue weighted by molar-refractivity contribution is 6.33. The van der Waals surface area contributed by atoms with Gasteiger partial charge in [0, 0.05) is 11.1 Å². The monoisotopic (exact) mass is 329 g/mol. The van der Waals surface area contributed by atoms with Crippen molar-refractivity contribution >= 4 is 28.5 Å². The number of benzene rings is 2. The Bertz CT molecular complexity index is 856. The van der Waals surface area contributed by atoms with Crippen LogP contribution in [-0.2, 0) is 4.74 Å². The summed E-state index contributed by atoms with van der Waals surface area (Å²) in [5.41, 5.74) is 2.02. The van der Waals surface area contributed by atoms with E-state index in [0.29, 0.717) is 23.1 Å². The van der Waals surface area contributed by atoms with Crippen LogP contribution in [0.3, 0.4) is 0 Å². The van der Waals surface area contributed by atoms with Crippen molar-refractivity contribution in [3.63, 3.8) is 0 Å². The van der Waals surface area contributed by atoms with Crippen molar-refractivity contribution in [2.24, 2.45) is 0 Å². The summed E-state index contributed by atoms with van der Waals surface area (Å²) in [6.07, 6.45) is 0. The van der Waals surface area contributed by atoms with Gasteiger partial charge >= 0.3 is 5.97 Å². The average Bonchev–Trinajstić information content (AvgIpc) is 2.95. The van der Waals surface area contributed by atoms with E-state index in [1.54, 1.807) is 26.2 Å². The van der Waals surface area contributed by atoms with Crippen molar-refractivity contribution in [3.8, 4) is 11.4 Å². The standard InChI is InChI=1S/C18H16ClNO3/c1-3-23-18(21)15-11-12-9-10-14(19)17(22-2)16(12)20(15)13-7-5-4-6-8-13/h4-11H,3H2,1-2H3. The summed E-state index contributed by atoms with van der Waals surface area (Å²) in [6, 6.07) is 15.0. The molecule has 0 saturated carbocycles. The van der Waals surface area contributed by atoms with Gasteiger partial charge in [0.05, 0.1) is 24.3 Å². The summed E-state index contributed by atoms with van der Waals surface area (Å²) in [5.74, 6) is 0.147. The first-order chi connectivity index (χ1) is 11.2. The molecule has 118 valence electrons. The van der Waals surface area contributed by atoms with E-state index >= 15 is 0 Å². The maximum Gasteiger partial charge on any atom is 0.355 e. The zero-order valence-electron chi connectivity index (χ0n) is 12.9. The first kappa shape index (κ1) is 15.4. The van der Waals surface area contributed by atoms with E-state index < -0.39 is 0 Å². The van der Waals surface area contributed by atoms with Gasteiger partial charge in [-0.3, -0.25) is 0 Å². The molecule has 0 aliphatic heterocycles. The van der Waals surface area contributed by atoms with Gasteiger partial charge in [-0.05, 0) is 31.2 Å². The Hall–Kier alpha value is -2.46. The van der Waals surface area contributed by atoms with Crippen molar-refractivity contribution < 1.29 is 14.3 Å². The van der Waals surface area contributed by atoms with E-state index in [0.717, 1.165) is 16.6 Å². The van der Waals surface area contributed by atoms with Crippen molar-refractivity contribution in [1.29, 1.82) is 0 Å². The number of methoxy groups -OCH3 is 1. The first-order valence-corrected chi connectivity index (χ1v) is 7.65. The number of hydrogen-bond donors (Lipinski definition) is 0. The Kier molecular flexibility index (Phi) is 4.26. The predicted octanol–water partition coefficient (Wildman–Crippen LogP) is 4.47. The van der Waals surface area contributed by atoms with Gasteiger partial charge in [-0.1, -0.05) is 35.9 Å². The number of halogens is 1. The van der Waals surface area contributed by atoms with Gasteiger partial charge in [-0.25, -0.2) is 4.79 Å². The van der Waals surface area contributed by atoms with E-state index in [-0.39, 0.29) is 5.97 Å². The molecular weight excluding hydrogens is 314 g/mol. The molecule has 0 amide bonds. The predicted molar refractivity (Wildman–Crippen MR) is 90.8 cm³/mol. The lowest BCUT2D eigenvalue weighted by Gasteiger charge is -2.13. The molecule has 0 radical (unpaired) electrons. The van der Waals surface area contributed by atoms with Gasteiger partial charge in [0.15, 0.2) is 5.75 Å². The Morgan fingerprint density at radius 1 is 1.17 bits per heavy atom. The maximum atomic E-state index is 12.4. The Morgan fingerprint density at radius 3 is 2.57 bits per heavy atom. The van der Waals surface area contributed by atoms with Crippen LogP contribution in [0.2, 0.25) is 5.02 Å². The smallest absolute Gasteiger partial charge is 0.355 e. The van der Waals surface area contributed by atoms with Crippen LogP contribution >= 0.6 is 11.6 Å². The molecule has 1 heterocycles. The van der Waals surface area contributed by atoms with Gasteiger partial charge < -0.3 is 14.0 Å². The fourth-order valence-electron chi connectivity index (χ4n) is 2.64. The Balaban J connectivity index is 2.38. The van der Waals surface area contributed by atoms with Crippen LogP contribution in [0, 0.1) is 0 Å². The number of hydrogen-bond acceptors (Lipinski definition) is 3. The Labute approximate surface area is 139 Å². The third kappa shape index (κ3) is 2.66. The topological polar surface area (TPSA) is 40.5 Å². The molecule has 0 N–H and O–H groups in total. The third-order valence-electron chi connectivity index (χ3n) is 3.57. The number of carbonyl (C=O) groups is 1. The van der Waals surface area contributed by atoms with E-state index in [1.165, 1.54) is 0 Å². The van der Waals surface area contributed by atoms with Gasteiger partial charge in [0.2, 0.25) is 0 Å². The van der Waals surface area contributed by atoms with E-state index in [4.69, 9.17) is 21.1 Å². The minimum Gasteiger partial charge on any atom is -0.493 e. The summed E-state index contributed by atoms with van der Waals surface area (Å²) >= 11 is 6.26. The second-order valence-electron chi connectivity index (χ2n) is 4.94. The summed E-state index contributed by atoms with van der Waals surface area (Å²) in [4.78, 5) is 12.4. The van der Waals surface area contributed by atoms with Gasteiger partial charge in [0.1, 0.15) is 5.69 Å². The number of ether oxygens (including phenoxy) is 2. The number of esters is 1. The van der Waals surface area contributed by atoms with Crippen LogP contribution in [0.15, 0.2) is 48.5 Å². The number of aromatic nitrogens is 1. The van der Waals surface area contributed by atoms with Crippen LogP contribution in [0.25, 0.3) is 16.6 Å². The van der Waals surface area contributed by atoms with Crippen LogP contribution < -0.4 is 4.74 Å². The molecule has 0 fully saturated rings. The highest BCUT2D eigenvalue weighted by Crippen LogP contribution is 2.37. The summed E-state index contributed by atoms with van der Waals surface area (Å²) in [5, 5.41) is 1.35. The lowest BCUT2D eigenvalue weighted by Crippen LogP contribution is -2.11. The van der Waals surface area contributed by atoms with Crippen molar-refractivity contribution in [3.05, 3.63) is 59.2 Å². The number of para-hydroxylation sites is 1. The highest BCUT2D eigenvalue weighted by Gasteiger charge is 2.21. The second kappa shape index (κ2) is 6.34. The summed E-state index contributed by atoms with van der Waals surface area (Å²) in [6.45, 7) is 2.10. The molecule has 0 atom stereocenters. The largest absolute Gasteiger partial charge is 0.493 e. The van der Waals surface area contributed by atoms with E-state index in [1.807, 2.05) is 41.0 Å². The third-order valence-corrected chi connectivity index (χ3v) is 3.87.